The molecule has 1 N–H and O–H groups in total. The summed E-state index contributed by atoms with van der Waals surface area (Å²) in [6.07, 6.45) is 3.30. The van der Waals surface area contributed by atoms with E-state index < -0.39 is 0 Å². The van der Waals surface area contributed by atoms with Crippen LogP contribution in [0.4, 0.5) is 5.69 Å². The van der Waals surface area contributed by atoms with Crippen LogP contribution in [0.25, 0.3) is 0 Å². The number of aliphatic imine (C=N–C) groups is 1. The van der Waals surface area contributed by atoms with Crippen LogP contribution in [-0.2, 0) is 4.79 Å². The minimum Gasteiger partial charge on any atom is -0.353 e. The van der Waals surface area contributed by atoms with Crippen LogP contribution in [0, 0.1) is 5.92 Å². The lowest BCUT2D eigenvalue weighted by Crippen LogP contribution is -2.45. The number of hydrogen-bond donors (Lipinski definition) is 1. The number of carbonyl (C=O) groups excluding carboxylic acids is 1. The molecule has 1 aromatic carbocycles. The van der Waals surface area contributed by atoms with Crippen molar-refractivity contribution >= 4 is 30.1 Å². The third kappa shape index (κ3) is 9.55. The van der Waals surface area contributed by atoms with Crippen LogP contribution in [0.15, 0.2) is 40.2 Å². The van der Waals surface area contributed by atoms with Gasteiger partial charge >= 0.3 is 0 Å². The van der Waals surface area contributed by atoms with Crippen molar-refractivity contribution in [1.29, 1.82) is 0 Å². The Labute approximate surface area is 212 Å². The Balaban J connectivity index is 1.80. The zero-order valence-electron chi connectivity index (χ0n) is 22.1. The van der Waals surface area contributed by atoms with Crippen LogP contribution in [0.5, 0.6) is 0 Å². The molecule has 0 radical (unpaired) electrons. The Morgan fingerprint density at radius 3 is 2.53 bits per heavy atom. The maximum absolute atomic E-state index is 12.8. The summed E-state index contributed by atoms with van der Waals surface area (Å²) < 4.78 is 0. The average molecular weight is 487 g/mol. The van der Waals surface area contributed by atoms with E-state index in [4.69, 9.17) is 0 Å². The number of carbonyl (C=O) groups is 1. The van der Waals surface area contributed by atoms with Crippen LogP contribution < -0.4 is 5.32 Å². The van der Waals surface area contributed by atoms with Gasteiger partial charge in [-0.25, -0.2) is 0 Å². The number of likely N-dealkylation sites (N-methyl/N-ethyl adjacent to an activating group) is 1. The van der Waals surface area contributed by atoms with Crippen LogP contribution in [0.2, 0.25) is 0 Å². The second-order valence-electron chi connectivity index (χ2n) is 10.1. The van der Waals surface area contributed by atoms with Gasteiger partial charge in [0.15, 0.2) is 0 Å². The van der Waals surface area contributed by atoms with E-state index in [0.29, 0.717) is 18.3 Å². The van der Waals surface area contributed by atoms with Gasteiger partial charge in [0.1, 0.15) is 0 Å². The Morgan fingerprint density at radius 2 is 1.91 bits per heavy atom. The molecule has 6 heteroatoms. The van der Waals surface area contributed by atoms with Gasteiger partial charge in [-0.2, -0.15) is 0 Å². The second kappa shape index (κ2) is 14.7. The summed E-state index contributed by atoms with van der Waals surface area (Å²) in [6, 6.07) is 6.54. The molecule has 0 saturated carbocycles. The largest absolute Gasteiger partial charge is 0.353 e. The summed E-state index contributed by atoms with van der Waals surface area (Å²) in [7, 11) is 2.18. The molecule has 5 nitrogen and oxygen atoms in total. The fourth-order valence-corrected chi connectivity index (χ4v) is 5.22. The van der Waals surface area contributed by atoms with E-state index in [1.165, 1.54) is 11.1 Å². The highest BCUT2D eigenvalue weighted by Crippen LogP contribution is 2.33. The van der Waals surface area contributed by atoms with Crippen LogP contribution >= 0.6 is 11.8 Å². The minimum absolute atomic E-state index is 0.149. The molecule has 0 bridgehead atoms. The number of thioether (sulfide) groups is 1. The molecule has 1 heterocycles. The number of nitrogens with one attached hydrogen (secondary N) is 1. The first-order valence-corrected chi connectivity index (χ1v) is 13.8. The van der Waals surface area contributed by atoms with E-state index >= 15 is 0 Å². The normalized spacial score (nSPS) is 16.9. The topological polar surface area (TPSA) is 47.9 Å². The number of piperazine rings is 1. The van der Waals surface area contributed by atoms with Crippen molar-refractivity contribution in [2.75, 3.05) is 45.5 Å². The van der Waals surface area contributed by atoms with Crippen molar-refractivity contribution in [3.8, 4) is 0 Å². The fraction of sp³-hybridized carbons (Fsp3) is 0.643. The van der Waals surface area contributed by atoms with E-state index in [2.05, 4.69) is 80.3 Å². The van der Waals surface area contributed by atoms with Crippen LogP contribution in [-0.4, -0.2) is 74.0 Å². The SMILES string of the molecule is C=Nc1ccc(C(C)C)cc1SCCCC(=O)NC(CC(=C)CN1CCN(C)CC1)C(C)CC. The van der Waals surface area contributed by atoms with Crippen molar-refractivity contribution in [2.24, 2.45) is 10.9 Å². The van der Waals surface area contributed by atoms with Crippen molar-refractivity contribution in [3.05, 3.63) is 35.9 Å². The molecular weight excluding hydrogens is 440 g/mol. The van der Waals surface area contributed by atoms with Crippen molar-refractivity contribution < 1.29 is 4.79 Å². The fourth-order valence-electron chi connectivity index (χ4n) is 4.21. The Bertz CT molecular complexity index is 802. The maximum atomic E-state index is 12.8. The molecule has 1 saturated heterocycles. The van der Waals surface area contributed by atoms with E-state index in [1.807, 2.05) is 6.07 Å². The molecular formula is C28H46N4OS. The molecule has 190 valence electrons. The Morgan fingerprint density at radius 1 is 1.21 bits per heavy atom. The molecule has 1 aliphatic heterocycles. The van der Waals surface area contributed by atoms with Crippen molar-refractivity contribution in [1.82, 2.24) is 15.1 Å². The predicted molar refractivity (Wildman–Crippen MR) is 149 cm³/mol. The first kappa shape index (κ1) is 28.6. The average Bonchev–Trinajstić information content (AvgIpc) is 2.82. The molecule has 0 aliphatic carbocycles. The van der Waals surface area contributed by atoms with Gasteiger partial charge in [0.05, 0.1) is 5.69 Å². The number of benzene rings is 1. The second-order valence-corrected chi connectivity index (χ2v) is 11.2. The third-order valence-corrected chi connectivity index (χ3v) is 7.99. The Kier molecular flexibility index (Phi) is 12.4. The lowest BCUT2D eigenvalue weighted by molar-refractivity contribution is -0.122. The van der Waals surface area contributed by atoms with Crippen LogP contribution in [0.1, 0.15) is 64.9 Å². The molecule has 1 aliphatic rings. The summed E-state index contributed by atoms with van der Waals surface area (Å²) in [5.74, 6) is 1.95. The molecule has 1 aromatic rings. The highest BCUT2D eigenvalue weighted by Gasteiger charge is 2.21. The molecule has 1 amide bonds. The highest BCUT2D eigenvalue weighted by molar-refractivity contribution is 7.99. The van der Waals surface area contributed by atoms with E-state index in [-0.39, 0.29) is 11.9 Å². The summed E-state index contributed by atoms with van der Waals surface area (Å²) in [5, 5.41) is 3.32. The zero-order chi connectivity index (χ0) is 25.1. The van der Waals surface area contributed by atoms with Gasteiger partial charge in [-0.15, -0.1) is 11.8 Å². The van der Waals surface area contributed by atoms with Gasteiger partial charge in [-0.3, -0.25) is 14.7 Å². The summed E-state index contributed by atoms with van der Waals surface area (Å²) >= 11 is 1.77. The first-order chi connectivity index (χ1) is 16.2. The maximum Gasteiger partial charge on any atom is 0.220 e. The monoisotopic (exact) mass is 486 g/mol. The van der Waals surface area contributed by atoms with Crippen molar-refractivity contribution in [3.63, 3.8) is 0 Å². The molecule has 2 unspecified atom stereocenters. The molecule has 0 spiro atoms. The predicted octanol–water partition coefficient (Wildman–Crippen LogP) is 5.74. The van der Waals surface area contributed by atoms with Gasteiger partial charge in [0, 0.05) is 50.1 Å². The molecule has 0 aromatic heterocycles. The number of hydrogen-bond acceptors (Lipinski definition) is 5. The zero-order valence-corrected chi connectivity index (χ0v) is 22.9. The summed E-state index contributed by atoms with van der Waals surface area (Å²) in [4.78, 5) is 22.9. The first-order valence-electron chi connectivity index (χ1n) is 12.8. The minimum atomic E-state index is 0.149. The smallest absolute Gasteiger partial charge is 0.220 e. The van der Waals surface area contributed by atoms with Gasteiger partial charge in [-0.05, 0) is 61.9 Å². The van der Waals surface area contributed by atoms with Gasteiger partial charge < -0.3 is 10.2 Å². The molecule has 2 atom stereocenters. The van der Waals surface area contributed by atoms with Crippen molar-refractivity contribution in [2.45, 2.75) is 70.2 Å². The highest BCUT2D eigenvalue weighted by atomic mass is 32.2. The van der Waals surface area contributed by atoms with Crippen LogP contribution in [0.3, 0.4) is 0 Å². The summed E-state index contributed by atoms with van der Waals surface area (Å²) in [5.41, 5.74) is 3.45. The standard InChI is InChI=1S/C28H46N4OS/c1-8-23(5)26(18-22(4)20-32-15-13-31(7)14-16-32)30-28(33)10-9-17-34-27-19-24(21(2)3)11-12-25(27)29-6/h11-12,19,21,23,26H,4,6,8-10,13-18,20H2,1-3,5,7H3,(H,30,33). The quantitative estimate of drug-likeness (QED) is 0.158. The molecule has 1 fully saturated rings. The Hall–Kier alpha value is -1.63. The third-order valence-electron chi connectivity index (χ3n) is 6.86. The van der Waals surface area contributed by atoms with E-state index in [0.717, 1.165) is 68.3 Å². The van der Waals surface area contributed by atoms with E-state index in [1.54, 1.807) is 11.8 Å². The van der Waals surface area contributed by atoms with Gasteiger partial charge in [0.2, 0.25) is 5.91 Å². The number of rotatable bonds is 14. The molecule has 34 heavy (non-hydrogen) atoms. The summed E-state index contributed by atoms with van der Waals surface area (Å²) in [6.45, 7) is 22.2. The van der Waals surface area contributed by atoms with Gasteiger partial charge in [-0.1, -0.05) is 52.3 Å². The number of amides is 1. The number of nitrogens with zero attached hydrogens (tertiary/aromatic N) is 3. The van der Waals surface area contributed by atoms with Gasteiger partial charge in [0.25, 0.3) is 0 Å². The lowest BCUT2D eigenvalue weighted by atomic mass is 9.93. The molecule has 2 rings (SSSR count). The van der Waals surface area contributed by atoms with E-state index in [9.17, 15) is 4.79 Å². The lowest BCUT2D eigenvalue weighted by Gasteiger charge is -2.33.